The van der Waals surface area contributed by atoms with Crippen molar-refractivity contribution in [3.05, 3.63) is 42.0 Å². The molecule has 1 aromatic carbocycles. The molecule has 1 unspecified atom stereocenters. The highest BCUT2D eigenvalue weighted by molar-refractivity contribution is 7.86. The zero-order valence-corrected chi connectivity index (χ0v) is 10.1. The Morgan fingerprint density at radius 3 is 2.41 bits per heavy atom. The van der Waals surface area contributed by atoms with E-state index in [1.54, 1.807) is 12.1 Å². The lowest BCUT2D eigenvalue weighted by atomic mass is 10.2. The normalized spacial score (nSPS) is 19.8. The van der Waals surface area contributed by atoms with Crippen molar-refractivity contribution in [1.82, 2.24) is 0 Å². The zero-order valence-electron chi connectivity index (χ0n) is 9.29. The second-order valence-electron chi connectivity index (χ2n) is 3.93. The van der Waals surface area contributed by atoms with Crippen LogP contribution in [0.4, 0.5) is 0 Å². The monoisotopic (exact) mass is 252 g/mol. The van der Waals surface area contributed by atoms with Gasteiger partial charge in [0.25, 0.3) is 10.1 Å². The van der Waals surface area contributed by atoms with Gasteiger partial charge in [0.15, 0.2) is 5.78 Å². The van der Waals surface area contributed by atoms with Crippen molar-refractivity contribution in [2.24, 2.45) is 0 Å². The highest BCUT2D eigenvalue weighted by Crippen LogP contribution is 2.19. The Hall–Kier alpha value is -1.46. The summed E-state index contributed by atoms with van der Waals surface area (Å²) in [5, 5.41) is 0. The SMILES string of the molecule is Cc1ccc(S(=O)(=O)OC2C=CC(=O)C2)cc1. The van der Waals surface area contributed by atoms with Crippen molar-refractivity contribution in [2.45, 2.75) is 24.3 Å². The molecule has 0 N–H and O–H groups in total. The number of carbonyl (C=O) groups is 1. The second kappa shape index (κ2) is 4.43. The summed E-state index contributed by atoms with van der Waals surface area (Å²) >= 11 is 0. The lowest BCUT2D eigenvalue weighted by Crippen LogP contribution is -2.15. The lowest BCUT2D eigenvalue weighted by Gasteiger charge is -2.09. The highest BCUT2D eigenvalue weighted by Gasteiger charge is 2.24. The summed E-state index contributed by atoms with van der Waals surface area (Å²) in [6.07, 6.45) is 2.22. The van der Waals surface area contributed by atoms with Gasteiger partial charge in [0.1, 0.15) is 6.10 Å². The van der Waals surface area contributed by atoms with Crippen LogP contribution in [-0.2, 0) is 19.1 Å². The molecule has 0 bridgehead atoms. The summed E-state index contributed by atoms with van der Waals surface area (Å²) < 4.78 is 28.6. The van der Waals surface area contributed by atoms with Gasteiger partial charge in [-0.2, -0.15) is 8.42 Å². The van der Waals surface area contributed by atoms with Gasteiger partial charge in [-0.1, -0.05) is 23.8 Å². The van der Waals surface area contributed by atoms with Gasteiger partial charge in [0.2, 0.25) is 0 Å². The van der Waals surface area contributed by atoms with Gasteiger partial charge in [0, 0.05) is 6.42 Å². The standard InChI is InChI=1S/C12H12O4S/c1-9-2-6-12(7-3-9)17(14,15)16-11-5-4-10(13)8-11/h2-7,11H,8H2,1H3. The maximum Gasteiger partial charge on any atom is 0.297 e. The molecule has 1 aliphatic rings. The summed E-state index contributed by atoms with van der Waals surface area (Å²) in [6, 6.07) is 6.38. The second-order valence-corrected chi connectivity index (χ2v) is 5.50. The summed E-state index contributed by atoms with van der Waals surface area (Å²) in [6.45, 7) is 1.87. The van der Waals surface area contributed by atoms with Crippen LogP contribution in [0.15, 0.2) is 41.3 Å². The van der Waals surface area contributed by atoms with Crippen molar-refractivity contribution in [3.63, 3.8) is 0 Å². The molecule has 0 fully saturated rings. The van der Waals surface area contributed by atoms with E-state index in [-0.39, 0.29) is 17.1 Å². The van der Waals surface area contributed by atoms with Gasteiger partial charge >= 0.3 is 0 Å². The van der Waals surface area contributed by atoms with Crippen LogP contribution in [0.1, 0.15) is 12.0 Å². The minimum Gasteiger partial charge on any atom is -0.295 e. The number of allylic oxidation sites excluding steroid dienone is 1. The summed E-state index contributed by atoms with van der Waals surface area (Å²) in [5.41, 5.74) is 0.972. The van der Waals surface area contributed by atoms with Crippen molar-refractivity contribution in [2.75, 3.05) is 0 Å². The fraction of sp³-hybridized carbons (Fsp3) is 0.250. The van der Waals surface area contributed by atoms with Gasteiger partial charge in [-0.15, -0.1) is 0 Å². The lowest BCUT2D eigenvalue weighted by molar-refractivity contribution is -0.114. The molecule has 0 saturated heterocycles. The van der Waals surface area contributed by atoms with Crippen LogP contribution in [0.25, 0.3) is 0 Å². The molecule has 0 aliphatic heterocycles. The van der Waals surface area contributed by atoms with Crippen LogP contribution in [0, 0.1) is 6.92 Å². The van der Waals surface area contributed by atoms with Crippen LogP contribution in [0.5, 0.6) is 0 Å². The average Bonchev–Trinajstić information content (AvgIpc) is 2.63. The molecule has 1 aromatic rings. The van der Waals surface area contributed by atoms with Crippen LogP contribution >= 0.6 is 0 Å². The molecule has 0 heterocycles. The van der Waals surface area contributed by atoms with Gasteiger partial charge in [0.05, 0.1) is 4.90 Å². The molecule has 90 valence electrons. The number of carbonyl (C=O) groups excluding carboxylic acids is 1. The third kappa shape index (κ3) is 2.81. The van der Waals surface area contributed by atoms with Crippen molar-refractivity contribution < 1.29 is 17.4 Å². The number of hydrogen-bond donors (Lipinski definition) is 0. The molecule has 0 saturated carbocycles. The predicted molar refractivity (Wildman–Crippen MR) is 62.0 cm³/mol. The zero-order chi connectivity index (χ0) is 12.5. The Bertz CT molecular complexity index is 555. The van der Waals surface area contributed by atoms with Crippen LogP contribution < -0.4 is 0 Å². The van der Waals surface area contributed by atoms with Crippen LogP contribution in [0.2, 0.25) is 0 Å². The number of rotatable bonds is 3. The molecule has 1 aliphatic carbocycles. The molecule has 0 amide bonds. The summed E-state index contributed by atoms with van der Waals surface area (Å²) in [7, 11) is -3.79. The van der Waals surface area contributed by atoms with Crippen LogP contribution in [0.3, 0.4) is 0 Å². The highest BCUT2D eigenvalue weighted by atomic mass is 32.2. The minimum atomic E-state index is -3.79. The first kappa shape index (κ1) is 12.0. The van der Waals surface area contributed by atoms with Crippen LogP contribution in [-0.4, -0.2) is 20.3 Å². The first-order chi connectivity index (χ1) is 7.97. The fourth-order valence-electron chi connectivity index (χ4n) is 1.54. The Morgan fingerprint density at radius 1 is 1.24 bits per heavy atom. The molecule has 0 radical (unpaired) electrons. The van der Waals surface area contributed by atoms with Crippen molar-refractivity contribution in [1.29, 1.82) is 0 Å². The maximum atomic E-state index is 11.8. The van der Waals surface area contributed by atoms with Gasteiger partial charge < -0.3 is 0 Å². The van der Waals surface area contributed by atoms with E-state index in [4.69, 9.17) is 4.18 Å². The van der Waals surface area contributed by atoms with Crippen molar-refractivity contribution >= 4 is 15.9 Å². The number of benzene rings is 1. The number of ketones is 1. The van der Waals surface area contributed by atoms with Gasteiger partial charge in [-0.25, -0.2) is 0 Å². The first-order valence-corrected chi connectivity index (χ1v) is 6.59. The smallest absolute Gasteiger partial charge is 0.295 e. The molecule has 17 heavy (non-hydrogen) atoms. The molecule has 5 heteroatoms. The van der Waals surface area contributed by atoms with E-state index in [1.807, 2.05) is 6.92 Å². The molecule has 2 rings (SSSR count). The third-order valence-electron chi connectivity index (χ3n) is 2.46. The predicted octanol–water partition coefficient (Wildman–Crippen LogP) is 1.60. The Morgan fingerprint density at radius 2 is 1.88 bits per heavy atom. The van der Waals surface area contributed by atoms with E-state index in [1.165, 1.54) is 24.3 Å². The summed E-state index contributed by atoms with van der Waals surface area (Å²) in [4.78, 5) is 11.1. The number of aryl methyl sites for hydroxylation is 1. The van der Waals surface area contributed by atoms with E-state index in [2.05, 4.69) is 0 Å². The van der Waals surface area contributed by atoms with E-state index in [0.717, 1.165) is 5.56 Å². The first-order valence-electron chi connectivity index (χ1n) is 5.18. The van der Waals surface area contributed by atoms with Gasteiger partial charge in [-0.05, 0) is 25.1 Å². The largest absolute Gasteiger partial charge is 0.297 e. The quantitative estimate of drug-likeness (QED) is 0.767. The molecule has 1 atom stereocenters. The van der Waals surface area contributed by atoms with E-state index in [9.17, 15) is 13.2 Å². The third-order valence-corrected chi connectivity index (χ3v) is 3.81. The van der Waals surface area contributed by atoms with E-state index < -0.39 is 16.2 Å². The summed E-state index contributed by atoms with van der Waals surface area (Å²) in [5.74, 6) is -0.117. The molecular formula is C12H12O4S. The Kier molecular flexibility index (Phi) is 3.13. The van der Waals surface area contributed by atoms with Gasteiger partial charge in [-0.3, -0.25) is 8.98 Å². The van der Waals surface area contributed by atoms with E-state index >= 15 is 0 Å². The van der Waals surface area contributed by atoms with E-state index in [0.29, 0.717) is 0 Å². The Balaban J connectivity index is 2.17. The topological polar surface area (TPSA) is 60.4 Å². The molecule has 0 aromatic heterocycles. The fourth-order valence-corrected chi connectivity index (χ4v) is 2.58. The minimum absolute atomic E-state index is 0.0884. The molecule has 4 nitrogen and oxygen atoms in total. The maximum absolute atomic E-state index is 11.8. The average molecular weight is 252 g/mol. The number of hydrogen-bond acceptors (Lipinski definition) is 4. The van der Waals surface area contributed by atoms with Crippen molar-refractivity contribution in [3.8, 4) is 0 Å². The molecular weight excluding hydrogens is 240 g/mol. The Labute approximate surface area is 100 Å². The molecule has 0 spiro atoms.